The van der Waals surface area contributed by atoms with Crippen molar-refractivity contribution >= 4 is 10.0 Å². The van der Waals surface area contributed by atoms with Crippen LogP contribution in [0.5, 0.6) is 5.75 Å². The number of nitrogens with zero attached hydrogens (tertiary/aromatic N) is 1. The first kappa shape index (κ1) is 18.2. The Bertz CT molecular complexity index is 598. The number of ether oxygens (including phenoxy) is 2. The van der Waals surface area contributed by atoms with Crippen molar-refractivity contribution in [3.8, 4) is 5.75 Å². The standard InChI is InChI=1S/C16H26N2O4S/c1-13(2)14(18-8-10-22-11-9-18)12-17-23(19,20)16-7-5-4-6-15(16)21-3/h4-7,13-14,17H,8-12H2,1-3H3. The third kappa shape index (κ3) is 4.67. The number of para-hydroxylation sites is 1. The van der Waals surface area contributed by atoms with Gasteiger partial charge in [-0.15, -0.1) is 0 Å². The second-order valence-corrected chi connectivity index (χ2v) is 7.70. The summed E-state index contributed by atoms with van der Waals surface area (Å²) in [6.45, 7) is 7.65. The summed E-state index contributed by atoms with van der Waals surface area (Å²) in [4.78, 5) is 2.46. The van der Waals surface area contributed by atoms with Gasteiger partial charge in [0.1, 0.15) is 10.6 Å². The van der Waals surface area contributed by atoms with Gasteiger partial charge in [-0.2, -0.15) is 0 Å². The van der Waals surface area contributed by atoms with Gasteiger partial charge in [-0.1, -0.05) is 26.0 Å². The SMILES string of the molecule is COc1ccccc1S(=O)(=O)NCC(C(C)C)N1CCOCC1. The molecule has 7 heteroatoms. The van der Waals surface area contributed by atoms with Gasteiger partial charge < -0.3 is 9.47 Å². The number of rotatable bonds is 7. The molecule has 1 aromatic carbocycles. The molecule has 1 unspecified atom stereocenters. The van der Waals surface area contributed by atoms with Crippen LogP contribution >= 0.6 is 0 Å². The molecule has 0 spiro atoms. The van der Waals surface area contributed by atoms with E-state index >= 15 is 0 Å². The van der Waals surface area contributed by atoms with Crippen molar-refractivity contribution < 1.29 is 17.9 Å². The van der Waals surface area contributed by atoms with Crippen molar-refractivity contribution in [2.45, 2.75) is 24.8 Å². The van der Waals surface area contributed by atoms with Gasteiger partial charge in [0, 0.05) is 25.7 Å². The molecule has 130 valence electrons. The highest BCUT2D eigenvalue weighted by Gasteiger charge is 2.26. The number of hydrogen-bond donors (Lipinski definition) is 1. The third-order valence-corrected chi connectivity index (χ3v) is 5.59. The zero-order valence-electron chi connectivity index (χ0n) is 14.0. The van der Waals surface area contributed by atoms with Crippen LogP contribution in [0.15, 0.2) is 29.2 Å². The second kappa shape index (κ2) is 8.10. The fourth-order valence-electron chi connectivity index (χ4n) is 2.81. The minimum Gasteiger partial charge on any atom is -0.495 e. The van der Waals surface area contributed by atoms with Gasteiger partial charge in [-0.3, -0.25) is 4.90 Å². The predicted octanol–water partition coefficient (Wildman–Crippen LogP) is 1.33. The normalized spacial score (nSPS) is 18.1. The van der Waals surface area contributed by atoms with E-state index in [0.717, 1.165) is 13.1 Å². The minimum atomic E-state index is -3.60. The molecule has 0 bridgehead atoms. The molecule has 0 aliphatic carbocycles. The molecule has 1 atom stereocenters. The van der Waals surface area contributed by atoms with Crippen molar-refractivity contribution in [1.82, 2.24) is 9.62 Å². The van der Waals surface area contributed by atoms with Crippen LogP contribution in [0.4, 0.5) is 0 Å². The maximum Gasteiger partial charge on any atom is 0.244 e. The van der Waals surface area contributed by atoms with Gasteiger partial charge in [0.15, 0.2) is 0 Å². The van der Waals surface area contributed by atoms with Crippen LogP contribution < -0.4 is 9.46 Å². The van der Waals surface area contributed by atoms with Crippen LogP contribution in [0.3, 0.4) is 0 Å². The summed E-state index contributed by atoms with van der Waals surface area (Å²) in [5.74, 6) is 0.695. The zero-order chi connectivity index (χ0) is 16.9. The average molecular weight is 342 g/mol. The van der Waals surface area contributed by atoms with E-state index in [1.54, 1.807) is 24.3 Å². The summed E-state index contributed by atoms with van der Waals surface area (Å²) >= 11 is 0. The molecule has 1 aromatic rings. The number of nitrogens with one attached hydrogen (secondary N) is 1. The monoisotopic (exact) mass is 342 g/mol. The number of sulfonamides is 1. The number of methoxy groups -OCH3 is 1. The molecular formula is C16H26N2O4S. The lowest BCUT2D eigenvalue weighted by Gasteiger charge is -2.36. The lowest BCUT2D eigenvalue weighted by atomic mass is 10.0. The molecule has 2 rings (SSSR count). The lowest BCUT2D eigenvalue weighted by Crippen LogP contribution is -2.51. The summed E-state index contributed by atoms with van der Waals surface area (Å²) in [6, 6.07) is 6.79. The van der Waals surface area contributed by atoms with Crippen molar-refractivity contribution in [2.75, 3.05) is 40.0 Å². The quantitative estimate of drug-likeness (QED) is 0.810. The van der Waals surface area contributed by atoms with Gasteiger partial charge in [0.05, 0.1) is 20.3 Å². The van der Waals surface area contributed by atoms with Crippen LogP contribution in [-0.4, -0.2) is 59.3 Å². The van der Waals surface area contributed by atoms with Crippen LogP contribution in [-0.2, 0) is 14.8 Å². The van der Waals surface area contributed by atoms with Gasteiger partial charge in [0.25, 0.3) is 0 Å². The Labute approximate surface area is 138 Å². The topological polar surface area (TPSA) is 67.9 Å². The number of hydrogen-bond acceptors (Lipinski definition) is 5. The largest absolute Gasteiger partial charge is 0.495 e. The van der Waals surface area contributed by atoms with Crippen molar-refractivity contribution in [1.29, 1.82) is 0 Å². The fourth-order valence-corrected chi connectivity index (χ4v) is 4.03. The zero-order valence-corrected chi connectivity index (χ0v) is 14.8. The molecule has 1 fully saturated rings. The van der Waals surface area contributed by atoms with E-state index in [4.69, 9.17) is 9.47 Å². The highest BCUT2D eigenvalue weighted by atomic mass is 32.2. The Hall–Kier alpha value is -1.15. The first-order chi connectivity index (χ1) is 11.0. The van der Waals surface area contributed by atoms with Crippen LogP contribution in [0.25, 0.3) is 0 Å². The summed E-state index contributed by atoms with van der Waals surface area (Å²) in [7, 11) is -2.13. The third-order valence-electron chi connectivity index (χ3n) is 4.13. The fraction of sp³-hybridized carbons (Fsp3) is 0.625. The van der Waals surface area contributed by atoms with Crippen molar-refractivity contribution in [2.24, 2.45) is 5.92 Å². The summed E-state index contributed by atoms with van der Waals surface area (Å²) in [5.41, 5.74) is 0. The summed E-state index contributed by atoms with van der Waals surface area (Å²) < 4.78 is 38.4. The Morgan fingerprint density at radius 2 is 1.91 bits per heavy atom. The molecule has 1 aliphatic rings. The van der Waals surface area contributed by atoms with Gasteiger partial charge in [-0.25, -0.2) is 13.1 Å². The maximum absolute atomic E-state index is 12.6. The molecule has 0 radical (unpaired) electrons. The van der Waals surface area contributed by atoms with E-state index in [1.165, 1.54) is 7.11 Å². The molecule has 0 amide bonds. The molecular weight excluding hydrogens is 316 g/mol. The molecule has 1 heterocycles. The Balaban J connectivity index is 2.09. The minimum absolute atomic E-state index is 0.142. The highest BCUT2D eigenvalue weighted by molar-refractivity contribution is 7.89. The van der Waals surface area contributed by atoms with Crippen LogP contribution in [0, 0.1) is 5.92 Å². The molecule has 6 nitrogen and oxygen atoms in total. The van der Waals surface area contributed by atoms with Crippen LogP contribution in [0.2, 0.25) is 0 Å². The molecule has 0 aromatic heterocycles. The van der Waals surface area contributed by atoms with Crippen molar-refractivity contribution in [3.05, 3.63) is 24.3 Å². The van der Waals surface area contributed by atoms with E-state index in [9.17, 15) is 8.42 Å². The second-order valence-electron chi connectivity index (χ2n) is 5.96. The van der Waals surface area contributed by atoms with Gasteiger partial charge in [0.2, 0.25) is 10.0 Å². The number of benzene rings is 1. The van der Waals surface area contributed by atoms with E-state index in [2.05, 4.69) is 23.5 Å². The Kier molecular flexibility index (Phi) is 6.41. The number of morpholine rings is 1. The molecule has 0 saturated carbocycles. The molecule has 23 heavy (non-hydrogen) atoms. The Morgan fingerprint density at radius 3 is 2.52 bits per heavy atom. The maximum atomic E-state index is 12.6. The van der Waals surface area contributed by atoms with E-state index in [1.807, 2.05) is 0 Å². The van der Waals surface area contributed by atoms with E-state index in [0.29, 0.717) is 31.4 Å². The van der Waals surface area contributed by atoms with E-state index < -0.39 is 10.0 Å². The molecule has 1 aliphatic heterocycles. The van der Waals surface area contributed by atoms with Gasteiger partial charge >= 0.3 is 0 Å². The summed E-state index contributed by atoms with van der Waals surface area (Å²) in [5, 5.41) is 0. The smallest absolute Gasteiger partial charge is 0.244 e. The molecule has 1 N–H and O–H groups in total. The first-order valence-corrected chi connectivity index (χ1v) is 9.38. The highest BCUT2D eigenvalue weighted by Crippen LogP contribution is 2.23. The average Bonchev–Trinajstić information content (AvgIpc) is 2.55. The van der Waals surface area contributed by atoms with Crippen LogP contribution in [0.1, 0.15) is 13.8 Å². The molecule has 1 saturated heterocycles. The summed E-state index contributed by atoms with van der Waals surface area (Å²) in [6.07, 6.45) is 0. The van der Waals surface area contributed by atoms with Crippen molar-refractivity contribution in [3.63, 3.8) is 0 Å². The predicted molar refractivity (Wildman–Crippen MR) is 89.2 cm³/mol. The lowest BCUT2D eigenvalue weighted by molar-refractivity contribution is 0.00776. The van der Waals surface area contributed by atoms with E-state index in [-0.39, 0.29) is 10.9 Å². The first-order valence-electron chi connectivity index (χ1n) is 7.90. The van der Waals surface area contributed by atoms with Gasteiger partial charge in [-0.05, 0) is 18.1 Å². The Morgan fingerprint density at radius 1 is 1.26 bits per heavy atom.